The molecule has 0 aromatic heterocycles. The van der Waals surface area contributed by atoms with E-state index in [4.69, 9.17) is 0 Å². The Labute approximate surface area is 154 Å². The van der Waals surface area contributed by atoms with Crippen LogP contribution < -0.4 is 0 Å². The van der Waals surface area contributed by atoms with Gasteiger partial charge in [0.15, 0.2) is 0 Å². The molecule has 0 fully saturated rings. The molecule has 4 unspecified atom stereocenters. The third-order valence-electron chi connectivity index (χ3n) is 6.17. The van der Waals surface area contributed by atoms with Gasteiger partial charge < -0.3 is 10.2 Å². The van der Waals surface area contributed by atoms with Crippen LogP contribution in [0.5, 0.6) is 0 Å². The Bertz CT molecular complexity index is 580. The van der Waals surface area contributed by atoms with Crippen molar-refractivity contribution in [2.45, 2.75) is 73.0 Å². The van der Waals surface area contributed by atoms with Gasteiger partial charge in [-0.3, -0.25) is 0 Å². The molecular weight excluding hydrogens is 308 g/mol. The van der Waals surface area contributed by atoms with E-state index >= 15 is 0 Å². The van der Waals surface area contributed by atoms with Gasteiger partial charge in [-0.25, -0.2) is 0 Å². The zero-order valence-electron chi connectivity index (χ0n) is 17.2. The molecule has 0 spiro atoms. The molecule has 0 saturated heterocycles. The smallest absolute Gasteiger partial charge is 0.0941 e. The lowest BCUT2D eigenvalue weighted by atomic mass is 9.59. The van der Waals surface area contributed by atoms with E-state index < -0.39 is 11.2 Å². The van der Waals surface area contributed by atoms with Crippen LogP contribution in [0.25, 0.3) is 0 Å². The molecule has 0 aromatic carbocycles. The lowest BCUT2D eigenvalue weighted by Gasteiger charge is -2.49. The SMILES string of the molecule is CC1=CC(CC2C=C(C)C=CC2(O)C(C)(C)C)C(O)(C(C)(C)C)C=C1. The van der Waals surface area contributed by atoms with Crippen molar-refractivity contribution in [2.24, 2.45) is 22.7 Å². The summed E-state index contributed by atoms with van der Waals surface area (Å²) < 4.78 is 0. The summed E-state index contributed by atoms with van der Waals surface area (Å²) >= 11 is 0. The van der Waals surface area contributed by atoms with Gasteiger partial charge in [-0.1, -0.05) is 89.1 Å². The van der Waals surface area contributed by atoms with E-state index in [0.717, 1.165) is 0 Å². The minimum atomic E-state index is -0.922. The number of aliphatic hydroxyl groups is 2. The van der Waals surface area contributed by atoms with Crippen LogP contribution in [-0.4, -0.2) is 21.4 Å². The minimum Gasteiger partial charge on any atom is -0.385 e. The van der Waals surface area contributed by atoms with Gasteiger partial charge in [0.2, 0.25) is 0 Å². The summed E-state index contributed by atoms with van der Waals surface area (Å²) in [6, 6.07) is 0. The molecular formula is C23H36O2. The topological polar surface area (TPSA) is 40.5 Å². The third kappa shape index (κ3) is 3.57. The predicted molar refractivity (Wildman–Crippen MR) is 106 cm³/mol. The van der Waals surface area contributed by atoms with Crippen molar-refractivity contribution >= 4 is 0 Å². The molecule has 0 heterocycles. The summed E-state index contributed by atoms with van der Waals surface area (Å²) in [6.07, 6.45) is 13.0. The first kappa shape index (κ1) is 20.2. The van der Waals surface area contributed by atoms with E-state index in [0.29, 0.717) is 6.42 Å². The number of hydrogen-bond acceptors (Lipinski definition) is 2. The fourth-order valence-electron chi connectivity index (χ4n) is 4.15. The Morgan fingerprint density at radius 1 is 0.760 bits per heavy atom. The molecule has 2 aliphatic rings. The molecule has 0 bridgehead atoms. The summed E-state index contributed by atoms with van der Waals surface area (Å²) in [5.41, 5.74) is -0.0682. The standard InChI is InChI=1S/C23H36O2/c1-16-9-11-22(24,20(3,4)5)18(13-16)15-19-14-17(2)10-12-23(19,25)21(6,7)8/h9-14,18-19,24-25H,15H2,1-8H3. The third-order valence-corrected chi connectivity index (χ3v) is 6.17. The van der Waals surface area contributed by atoms with E-state index in [1.54, 1.807) is 0 Å². The molecule has 4 atom stereocenters. The van der Waals surface area contributed by atoms with Crippen molar-refractivity contribution in [2.75, 3.05) is 0 Å². The first-order valence-electron chi connectivity index (χ1n) is 9.41. The van der Waals surface area contributed by atoms with Crippen molar-refractivity contribution in [3.05, 3.63) is 47.6 Å². The summed E-state index contributed by atoms with van der Waals surface area (Å²) in [5, 5.41) is 23.0. The van der Waals surface area contributed by atoms with Crippen LogP contribution >= 0.6 is 0 Å². The van der Waals surface area contributed by atoms with Crippen molar-refractivity contribution in [3.63, 3.8) is 0 Å². The lowest BCUT2D eigenvalue weighted by Crippen LogP contribution is -2.53. The van der Waals surface area contributed by atoms with Gasteiger partial charge in [-0.15, -0.1) is 0 Å². The van der Waals surface area contributed by atoms with Gasteiger partial charge in [0.05, 0.1) is 11.2 Å². The van der Waals surface area contributed by atoms with Crippen LogP contribution in [0.2, 0.25) is 0 Å². The maximum atomic E-state index is 11.5. The van der Waals surface area contributed by atoms with Crippen LogP contribution in [0.1, 0.15) is 61.8 Å². The normalized spacial score (nSPS) is 36.2. The maximum absolute atomic E-state index is 11.5. The van der Waals surface area contributed by atoms with Gasteiger partial charge in [-0.05, 0) is 31.1 Å². The molecule has 2 aliphatic carbocycles. The average Bonchev–Trinajstić information content (AvgIpc) is 2.44. The Kier molecular flexibility index (Phi) is 5.04. The first-order chi connectivity index (χ1) is 11.2. The molecule has 2 heteroatoms. The Morgan fingerprint density at radius 3 is 1.36 bits per heavy atom. The predicted octanol–water partition coefficient (Wildman–Crippen LogP) is 5.20. The fraction of sp³-hybridized carbons (Fsp3) is 0.652. The zero-order chi connectivity index (χ0) is 19.3. The highest BCUT2D eigenvalue weighted by Crippen LogP contribution is 2.49. The van der Waals surface area contributed by atoms with Crippen molar-refractivity contribution in [3.8, 4) is 0 Å². The van der Waals surface area contributed by atoms with Crippen molar-refractivity contribution < 1.29 is 10.2 Å². The van der Waals surface area contributed by atoms with Gasteiger partial charge in [0.25, 0.3) is 0 Å². The Hall–Kier alpha value is -1.12. The lowest BCUT2D eigenvalue weighted by molar-refractivity contribution is -0.0849. The van der Waals surface area contributed by atoms with Crippen molar-refractivity contribution in [1.29, 1.82) is 0 Å². The monoisotopic (exact) mass is 344 g/mol. The Morgan fingerprint density at radius 2 is 1.08 bits per heavy atom. The second-order valence-corrected chi connectivity index (χ2v) is 10.1. The molecule has 0 saturated carbocycles. The van der Waals surface area contributed by atoms with Gasteiger partial charge in [0.1, 0.15) is 0 Å². The van der Waals surface area contributed by atoms with Crippen LogP contribution in [0.3, 0.4) is 0 Å². The highest BCUT2D eigenvalue weighted by molar-refractivity contribution is 5.34. The maximum Gasteiger partial charge on any atom is 0.0941 e. The van der Waals surface area contributed by atoms with Crippen LogP contribution in [0.15, 0.2) is 47.6 Å². The summed E-state index contributed by atoms with van der Waals surface area (Å²) in [7, 11) is 0. The number of allylic oxidation sites excluding steroid dienone is 4. The fourth-order valence-corrected chi connectivity index (χ4v) is 4.15. The van der Waals surface area contributed by atoms with Crippen LogP contribution in [0, 0.1) is 22.7 Å². The summed E-state index contributed by atoms with van der Waals surface area (Å²) in [4.78, 5) is 0. The molecule has 0 amide bonds. The summed E-state index contributed by atoms with van der Waals surface area (Å²) in [5.74, 6) is -0.0705. The number of rotatable bonds is 2. The molecule has 0 aliphatic heterocycles. The highest BCUT2D eigenvalue weighted by Gasteiger charge is 2.50. The molecule has 2 nitrogen and oxygen atoms in total. The first-order valence-corrected chi connectivity index (χ1v) is 9.41. The Balaban J connectivity index is 2.44. The molecule has 0 radical (unpaired) electrons. The highest BCUT2D eigenvalue weighted by atomic mass is 16.3. The molecule has 0 aromatic rings. The molecule has 2 N–H and O–H groups in total. The van der Waals surface area contributed by atoms with Crippen LogP contribution in [-0.2, 0) is 0 Å². The van der Waals surface area contributed by atoms with Gasteiger partial charge >= 0.3 is 0 Å². The van der Waals surface area contributed by atoms with E-state index in [1.165, 1.54) is 11.1 Å². The summed E-state index contributed by atoms with van der Waals surface area (Å²) in [6.45, 7) is 16.6. The van der Waals surface area contributed by atoms with Gasteiger partial charge in [-0.2, -0.15) is 0 Å². The van der Waals surface area contributed by atoms with E-state index in [9.17, 15) is 10.2 Å². The van der Waals surface area contributed by atoms with Gasteiger partial charge in [0, 0.05) is 11.8 Å². The minimum absolute atomic E-state index is 0.0353. The molecule has 25 heavy (non-hydrogen) atoms. The zero-order valence-corrected chi connectivity index (χ0v) is 17.2. The number of hydrogen-bond donors (Lipinski definition) is 2. The van der Waals surface area contributed by atoms with E-state index in [1.807, 2.05) is 24.3 Å². The largest absolute Gasteiger partial charge is 0.385 e. The second-order valence-electron chi connectivity index (χ2n) is 10.1. The van der Waals surface area contributed by atoms with E-state index in [-0.39, 0.29) is 22.7 Å². The van der Waals surface area contributed by atoms with Crippen LogP contribution in [0.4, 0.5) is 0 Å². The molecule has 2 rings (SSSR count). The second kappa shape index (κ2) is 6.25. The average molecular weight is 345 g/mol. The van der Waals surface area contributed by atoms with Crippen molar-refractivity contribution in [1.82, 2.24) is 0 Å². The quantitative estimate of drug-likeness (QED) is 0.723. The van der Waals surface area contributed by atoms with E-state index in [2.05, 4.69) is 67.5 Å². The molecule has 140 valence electrons.